The standard InChI is InChI=1S/2C58H38N4/c1-4-16-39(17-5-1)52-38-53(40-18-6-2-7-19-40)60-58(59-52)45-22-14-20-41(34-45)42-21-15-25-47(35-42)62-55-29-13-11-27-49(55)51-37-44(31-33-57(51)62)43-30-32-56-50(36-43)48-26-10-12-28-54(48)61(56)46-23-8-3-9-24-46;1-4-14-41(15-5-1)52-38-53(42-16-6-2-7-17-42)60-58(59-52)43-26-24-39(25-27-43)40-28-32-47(33-29-40)62-55-23-13-11-21-49(55)51-37-45(31-35-57(51)62)44-30-34-56-50(36-44)48-20-10-12-22-54(48)61(56)46-18-8-3-9-19-46/h2*1-38H. The summed E-state index contributed by atoms with van der Waals surface area (Å²) in [5.41, 5.74) is 33.2. The van der Waals surface area contributed by atoms with E-state index >= 15 is 0 Å². The average molecular weight is 1580 g/mol. The molecule has 0 saturated heterocycles. The topological polar surface area (TPSA) is 71.3 Å². The number of benzene rings is 18. The highest BCUT2D eigenvalue weighted by Crippen LogP contribution is 2.43. The second-order valence-corrected chi connectivity index (χ2v) is 31.7. The number of hydrogen-bond acceptors (Lipinski definition) is 4. The van der Waals surface area contributed by atoms with Crippen LogP contribution in [-0.2, 0) is 0 Å². The van der Waals surface area contributed by atoms with Crippen LogP contribution in [0, 0.1) is 0 Å². The maximum atomic E-state index is 5.12. The lowest BCUT2D eigenvalue weighted by Gasteiger charge is -2.12. The van der Waals surface area contributed by atoms with Gasteiger partial charge in [0.15, 0.2) is 11.6 Å². The number of rotatable bonds is 14. The third-order valence-corrected chi connectivity index (χ3v) is 24.3. The van der Waals surface area contributed by atoms with Gasteiger partial charge in [-0.15, -0.1) is 0 Å². The summed E-state index contributed by atoms with van der Waals surface area (Å²) < 4.78 is 9.53. The third kappa shape index (κ3) is 13.1. The van der Waals surface area contributed by atoms with Crippen LogP contribution < -0.4 is 0 Å². The van der Waals surface area contributed by atoms with E-state index in [0.717, 1.165) is 95.5 Å². The molecule has 6 aromatic heterocycles. The average Bonchev–Trinajstić information content (AvgIpc) is 1.61. The molecule has 24 aromatic rings. The molecule has 0 bridgehead atoms. The van der Waals surface area contributed by atoms with E-state index < -0.39 is 0 Å². The van der Waals surface area contributed by atoms with Gasteiger partial charge in [0.1, 0.15) is 0 Å². The van der Waals surface area contributed by atoms with E-state index in [2.05, 4.69) is 431 Å². The first-order valence-electron chi connectivity index (χ1n) is 42.1. The van der Waals surface area contributed by atoms with Gasteiger partial charge in [-0.2, -0.15) is 0 Å². The van der Waals surface area contributed by atoms with E-state index in [4.69, 9.17) is 19.9 Å². The largest absolute Gasteiger partial charge is 0.309 e. The predicted octanol–water partition coefficient (Wildman–Crippen LogP) is 30.0. The van der Waals surface area contributed by atoms with Crippen LogP contribution in [0.25, 0.3) is 222 Å². The summed E-state index contributed by atoms with van der Waals surface area (Å²) in [6.45, 7) is 0. The first-order chi connectivity index (χ1) is 61.5. The maximum absolute atomic E-state index is 5.12. The molecule has 8 nitrogen and oxygen atoms in total. The third-order valence-electron chi connectivity index (χ3n) is 24.3. The van der Waals surface area contributed by atoms with Crippen molar-refractivity contribution in [2.24, 2.45) is 0 Å². The fraction of sp³-hybridized carbons (Fsp3) is 0. The molecule has 0 radical (unpaired) electrons. The molecule has 580 valence electrons. The van der Waals surface area contributed by atoms with Crippen molar-refractivity contribution in [2.45, 2.75) is 0 Å². The summed E-state index contributed by atoms with van der Waals surface area (Å²) >= 11 is 0. The summed E-state index contributed by atoms with van der Waals surface area (Å²) in [6, 6.07) is 164. The van der Waals surface area contributed by atoms with Gasteiger partial charge in [-0.1, -0.05) is 322 Å². The molecule has 0 N–H and O–H groups in total. The molecular formula is C116H76N8. The Morgan fingerprint density at radius 1 is 0.121 bits per heavy atom. The first-order valence-corrected chi connectivity index (χ1v) is 42.1. The molecule has 0 amide bonds. The Hall–Kier alpha value is -16.7. The zero-order valence-corrected chi connectivity index (χ0v) is 67.5. The number of fused-ring (bicyclic) bond motifs is 12. The van der Waals surface area contributed by atoms with E-state index in [9.17, 15) is 0 Å². The van der Waals surface area contributed by atoms with Gasteiger partial charge in [-0.25, -0.2) is 19.9 Å². The fourth-order valence-corrected chi connectivity index (χ4v) is 18.3. The Morgan fingerprint density at radius 3 is 0.702 bits per heavy atom. The highest BCUT2D eigenvalue weighted by Gasteiger charge is 2.22. The van der Waals surface area contributed by atoms with Crippen molar-refractivity contribution < 1.29 is 0 Å². The molecule has 18 aromatic carbocycles. The minimum atomic E-state index is 0.697. The van der Waals surface area contributed by atoms with Gasteiger partial charge in [-0.3, -0.25) is 0 Å². The van der Waals surface area contributed by atoms with Crippen LogP contribution in [0.15, 0.2) is 461 Å². The number of hydrogen-bond donors (Lipinski definition) is 0. The Morgan fingerprint density at radius 2 is 0.347 bits per heavy atom. The Labute approximate surface area is 716 Å². The summed E-state index contributed by atoms with van der Waals surface area (Å²) in [4.78, 5) is 20.3. The lowest BCUT2D eigenvalue weighted by atomic mass is 10.0. The van der Waals surface area contributed by atoms with Crippen molar-refractivity contribution in [2.75, 3.05) is 0 Å². The molecule has 8 heteroatoms. The van der Waals surface area contributed by atoms with Crippen molar-refractivity contribution in [3.63, 3.8) is 0 Å². The smallest absolute Gasteiger partial charge is 0.160 e. The summed E-state index contributed by atoms with van der Waals surface area (Å²) in [5.74, 6) is 1.40. The minimum absolute atomic E-state index is 0.697. The van der Waals surface area contributed by atoms with Gasteiger partial charge in [0.25, 0.3) is 0 Å². The van der Waals surface area contributed by atoms with Crippen LogP contribution >= 0.6 is 0 Å². The van der Waals surface area contributed by atoms with Gasteiger partial charge in [-0.05, 0) is 184 Å². The van der Waals surface area contributed by atoms with Crippen molar-refractivity contribution in [1.82, 2.24) is 38.2 Å². The van der Waals surface area contributed by atoms with E-state index in [1.54, 1.807) is 0 Å². The summed E-state index contributed by atoms with van der Waals surface area (Å²) in [6.07, 6.45) is 0. The number of para-hydroxylation sites is 6. The highest BCUT2D eigenvalue weighted by molar-refractivity contribution is 6.15. The Balaban J connectivity index is 0.000000143. The minimum Gasteiger partial charge on any atom is -0.309 e. The van der Waals surface area contributed by atoms with Crippen LogP contribution in [0.3, 0.4) is 0 Å². The first kappa shape index (κ1) is 72.5. The molecule has 0 spiro atoms. The Bertz CT molecular complexity index is 8060. The molecule has 24 rings (SSSR count). The lowest BCUT2D eigenvalue weighted by Crippen LogP contribution is -1.96. The molecule has 0 atom stereocenters. The normalized spacial score (nSPS) is 11.5. The van der Waals surface area contributed by atoms with Crippen LogP contribution in [-0.4, -0.2) is 38.2 Å². The maximum Gasteiger partial charge on any atom is 0.160 e. The van der Waals surface area contributed by atoms with Crippen molar-refractivity contribution in [3.05, 3.63) is 461 Å². The van der Waals surface area contributed by atoms with Crippen LogP contribution in [0.4, 0.5) is 0 Å². The Kier molecular flexibility index (Phi) is 18.1. The molecule has 0 aliphatic rings. The number of nitrogens with zero attached hydrogens (tertiary/aromatic N) is 8. The predicted molar refractivity (Wildman–Crippen MR) is 516 cm³/mol. The highest BCUT2D eigenvalue weighted by atomic mass is 15.0. The van der Waals surface area contributed by atoms with E-state index in [1.807, 2.05) is 48.5 Å². The van der Waals surface area contributed by atoms with Crippen molar-refractivity contribution in [1.29, 1.82) is 0 Å². The molecule has 0 aliphatic carbocycles. The van der Waals surface area contributed by atoms with Gasteiger partial charge in [0.2, 0.25) is 0 Å². The monoisotopic (exact) mass is 1580 g/mol. The fourth-order valence-electron chi connectivity index (χ4n) is 18.3. The van der Waals surface area contributed by atoms with Gasteiger partial charge in [0, 0.05) is 99.2 Å². The summed E-state index contributed by atoms with van der Waals surface area (Å²) in [7, 11) is 0. The van der Waals surface area contributed by atoms with Gasteiger partial charge < -0.3 is 18.3 Å². The molecule has 6 heterocycles. The molecule has 0 saturated carbocycles. The van der Waals surface area contributed by atoms with E-state index in [-0.39, 0.29) is 0 Å². The van der Waals surface area contributed by atoms with Gasteiger partial charge >= 0.3 is 0 Å². The van der Waals surface area contributed by atoms with Gasteiger partial charge in [0.05, 0.1) is 66.9 Å². The summed E-state index contributed by atoms with van der Waals surface area (Å²) in [5, 5.41) is 9.93. The molecule has 0 fully saturated rings. The second kappa shape index (κ2) is 30.9. The SMILES string of the molecule is c1ccc(-c2cc(-c3ccccc3)nc(-c3ccc(-c4ccc(-n5c6ccccc6c6cc(-c7ccc8c(c7)c7ccccc7n8-c7ccccc7)ccc65)cc4)cc3)n2)cc1.c1ccc(-c2cc(-c3ccccc3)nc(-c3cccc(-c4cccc(-n5c6ccccc6c6cc(-c7ccc8c(c7)c7ccccc7n8-c7ccccc7)ccc65)c4)c3)n2)cc1. The zero-order chi connectivity index (χ0) is 82.0. The number of aromatic nitrogens is 8. The van der Waals surface area contributed by atoms with Crippen LogP contribution in [0.2, 0.25) is 0 Å². The van der Waals surface area contributed by atoms with Crippen molar-refractivity contribution in [3.8, 4) is 135 Å². The van der Waals surface area contributed by atoms with E-state index in [1.165, 1.54) is 115 Å². The quantitative estimate of drug-likeness (QED) is 0.109. The zero-order valence-electron chi connectivity index (χ0n) is 67.5. The molecule has 124 heavy (non-hydrogen) atoms. The van der Waals surface area contributed by atoms with Crippen LogP contribution in [0.1, 0.15) is 0 Å². The second-order valence-electron chi connectivity index (χ2n) is 31.7. The van der Waals surface area contributed by atoms with Crippen LogP contribution in [0.5, 0.6) is 0 Å². The molecule has 0 aliphatic heterocycles. The van der Waals surface area contributed by atoms with Crippen molar-refractivity contribution >= 4 is 87.2 Å². The molecule has 0 unspecified atom stereocenters. The lowest BCUT2D eigenvalue weighted by molar-refractivity contribution is 1.18. The van der Waals surface area contributed by atoms with E-state index in [0.29, 0.717) is 11.6 Å². The molecular weight excluding hydrogens is 1510 g/mol.